The van der Waals surface area contributed by atoms with Crippen molar-refractivity contribution in [1.82, 2.24) is 9.97 Å². The van der Waals surface area contributed by atoms with Gasteiger partial charge in [0.15, 0.2) is 17.2 Å². The van der Waals surface area contributed by atoms with Crippen LogP contribution in [0.1, 0.15) is 36.1 Å². The van der Waals surface area contributed by atoms with Gasteiger partial charge in [-0.15, -0.1) is 0 Å². The lowest BCUT2D eigenvalue weighted by Crippen LogP contribution is -2.09. The second kappa shape index (κ2) is 7.68. The van der Waals surface area contributed by atoms with E-state index in [-0.39, 0.29) is 5.69 Å². The van der Waals surface area contributed by atoms with Gasteiger partial charge in [-0.25, -0.2) is 14.8 Å². The largest absolute Gasteiger partial charge is 0.461 e. The van der Waals surface area contributed by atoms with Crippen molar-refractivity contribution >= 4 is 27.8 Å². The second-order valence-electron chi connectivity index (χ2n) is 6.49. The highest BCUT2D eigenvalue weighted by Crippen LogP contribution is 2.31. The van der Waals surface area contributed by atoms with E-state index in [1.165, 1.54) is 0 Å². The first-order chi connectivity index (χ1) is 13.6. The monoisotopic (exact) mass is 376 g/mol. The Morgan fingerprint density at radius 2 is 1.96 bits per heavy atom. The molecule has 4 aromatic rings. The Bertz CT molecular complexity index is 1150. The van der Waals surface area contributed by atoms with Gasteiger partial charge in [-0.05, 0) is 36.1 Å². The van der Waals surface area contributed by atoms with Crippen LogP contribution in [0.25, 0.3) is 21.9 Å². The maximum atomic E-state index is 12.4. The van der Waals surface area contributed by atoms with E-state index in [4.69, 9.17) is 13.9 Å². The molecule has 0 saturated carbocycles. The SMILES string of the molecule is CCCCOC(=O)c1cc2ccccc2c(Oc2ccc3nc(C)oc3c2)n1. The number of nitrogens with zero attached hydrogens (tertiary/aromatic N) is 2. The third-order valence-corrected chi connectivity index (χ3v) is 4.33. The fourth-order valence-electron chi connectivity index (χ4n) is 2.93. The first kappa shape index (κ1) is 18.0. The number of fused-ring (bicyclic) bond motifs is 2. The zero-order chi connectivity index (χ0) is 19.5. The normalized spacial score (nSPS) is 11.1. The first-order valence-corrected chi connectivity index (χ1v) is 9.26. The van der Waals surface area contributed by atoms with Gasteiger partial charge in [0.05, 0.1) is 6.61 Å². The summed E-state index contributed by atoms with van der Waals surface area (Å²) in [5, 5.41) is 1.66. The minimum absolute atomic E-state index is 0.224. The van der Waals surface area contributed by atoms with Crippen molar-refractivity contribution in [2.24, 2.45) is 0 Å². The van der Waals surface area contributed by atoms with Gasteiger partial charge in [0.1, 0.15) is 11.3 Å². The fourth-order valence-corrected chi connectivity index (χ4v) is 2.93. The van der Waals surface area contributed by atoms with Gasteiger partial charge in [-0.1, -0.05) is 31.5 Å². The van der Waals surface area contributed by atoms with Gasteiger partial charge < -0.3 is 13.9 Å². The molecule has 0 radical (unpaired) electrons. The number of hydrogen-bond acceptors (Lipinski definition) is 6. The number of esters is 1. The maximum Gasteiger partial charge on any atom is 0.357 e. The smallest absolute Gasteiger partial charge is 0.357 e. The molecule has 6 heteroatoms. The van der Waals surface area contributed by atoms with Crippen LogP contribution >= 0.6 is 0 Å². The number of hydrogen-bond donors (Lipinski definition) is 0. The zero-order valence-corrected chi connectivity index (χ0v) is 15.8. The Morgan fingerprint density at radius 3 is 2.82 bits per heavy atom. The van der Waals surface area contributed by atoms with Gasteiger partial charge in [0.2, 0.25) is 5.88 Å². The Labute approximate surface area is 162 Å². The zero-order valence-electron chi connectivity index (χ0n) is 15.8. The number of pyridine rings is 1. The van der Waals surface area contributed by atoms with E-state index in [0.29, 0.717) is 29.7 Å². The van der Waals surface area contributed by atoms with Crippen LogP contribution in [0.3, 0.4) is 0 Å². The van der Waals surface area contributed by atoms with Crippen molar-refractivity contribution < 1.29 is 18.7 Å². The fraction of sp³-hybridized carbons (Fsp3) is 0.227. The molecule has 0 N–H and O–H groups in total. The van der Waals surface area contributed by atoms with Crippen LogP contribution in [-0.4, -0.2) is 22.5 Å². The highest BCUT2D eigenvalue weighted by molar-refractivity contribution is 5.95. The first-order valence-electron chi connectivity index (χ1n) is 9.26. The number of benzene rings is 2. The van der Waals surface area contributed by atoms with Crippen molar-refractivity contribution in [3.8, 4) is 11.6 Å². The van der Waals surface area contributed by atoms with Crippen molar-refractivity contribution in [1.29, 1.82) is 0 Å². The van der Waals surface area contributed by atoms with Crippen LogP contribution in [-0.2, 0) is 4.74 Å². The third-order valence-electron chi connectivity index (χ3n) is 4.33. The van der Waals surface area contributed by atoms with E-state index in [1.807, 2.05) is 37.3 Å². The molecule has 0 saturated heterocycles. The van der Waals surface area contributed by atoms with Crippen molar-refractivity contribution in [2.75, 3.05) is 6.61 Å². The Kier molecular flexibility index (Phi) is 4.93. The highest BCUT2D eigenvalue weighted by Gasteiger charge is 2.15. The molecule has 0 atom stereocenters. The lowest BCUT2D eigenvalue weighted by Gasteiger charge is -2.10. The third kappa shape index (κ3) is 3.67. The molecule has 4 rings (SSSR count). The van der Waals surface area contributed by atoms with Crippen LogP contribution in [0.15, 0.2) is 52.9 Å². The lowest BCUT2D eigenvalue weighted by atomic mass is 10.1. The summed E-state index contributed by atoms with van der Waals surface area (Å²) in [6, 6.07) is 14.7. The van der Waals surface area contributed by atoms with Crippen LogP contribution in [0.5, 0.6) is 11.6 Å². The number of rotatable bonds is 6. The molecule has 2 aromatic carbocycles. The molecule has 0 spiro atoms. The summed E-state index contributed by atoms with van der Waals surface area (Å²) in [6.07, 6.45) is 1.77. The van der Waals surface area contributed by atoms with Gasteiger partial charge in [-0.3, -0.25) is 0 Å². The van der Waals surface area contributed by atoms with Crippen molar-refractivity contribution in [2.45, 2.75) is 26.7 Å². The molecule has 0 aliphatic heterocycles. The predicted octanol–water partition coefficient (Wildman–Crippen LogP) is 5.43. The summed E-state index contributed by atoms with van der Waals surface area (Å²) in [6.45, 7) is 4.21. The van der Waals surface area contributed by atoms with Gasteiger partial charge >= 0.3 is 5.97 Å². The Hall–Kier alpha value is -3.41. The number of carbonyl (C=O) groups excluding carboxylic acids is 1. The van der Waals surface area contributed by atoms with E-state index >= 15 is 0 Å². The Balaban J connectivity index is 1.70. The molecule has 2 heterocycles. The minimum Gasteiger partial charge on any atom is -0.461 e. The number of carbonyl (C=O) groups is 1. The van der Waals surface area contributed by atoms with E-state index in [2.05, 4.69) is 9.97 Å². The molecule has 0 amide bonds. The van der Waals surface area contributed by atoms with Crippen LogP contribution in [0.2, 0.25) is 0 Å². The molecule has 0 fully saturated rings. The van der Waals surface area contributed by atoms with Crippen molar-refractivity contribution in [3.05, 3.63) is 60.1 Å². The standard InChI is InChI=1S/C22H20N2O4/c1-3-4-11-26-22(25)19-12-15-7-5-6-8-17(15)21(24-19)28-16-9-10-18-20(13-16)27-14(2)23-18/h5-10,12-13H,3-4,11H2,1-2H3. The number of oxazole rings is 1. The molecule has 0 aliphatic carbocycles. The minimum atomic E-state index is -0.453. The summed E-state index contributed by atoms with van der Waals surface area (Å²) in [5.74, 6) is 1.03. The molecular formula is C22H20N2O4. The second-order valence-corrected chi connectivity index (χ2v) is 6.49. The van der Waals surface area contributed by atoms with E-state index in [0.717, 1.165) is 29.1 Å². The van der Waals surface area contributed by atoms with Gasteiger partial charge in [0, 0.05) is 18.4 Å². The average Bonchev–Trinajstić information content (AvgIpc) is 3.07. The summed E-state index contributed by atoms with van der Waals surface area (Å²) in [7, 11) is 0. The number of aryl methyl sites for hydroxylation is 1. The predicted molar refractivity (Wildman–Crippen MR) is 106 cm³/mol. The van der Waals surface area contributed by atoms with Crippen LogP contribution in [0, 0.1) is 6.92 Å². The summed E-state index contributed by atoms with van der Waals surface area (Å²) in [5.41, 5.74) is 1.62. The summed E-state index contributed by atoms with van der Waals surface area (Å²) in [4.78, 5) is 21.1. The summed E-state index contributed by atoms with van der Waals surface area (Å²) >= 11 is 0. The molecule has 28 heavy (non-hydrogen) atoms. The number of aromatic nitrogens is 2. The molecular weight excluding hydrogens is 356 g/mol. The van der Waals surface area contributed by atoms with E-state index in [1.54, 1.807) is 25.1 Å². The molecule has 0 bridgehead atoms. The highest BCUT2D eigenvalue weighted by atomic mass is 16.5. The molecule has 2 aromatic heterocycles. The average molecular weight is 376 g/mol. The summed E-state index contributed by atoms with van der Waals surface area (Å²) < 4.78 is 16.9. The number of ether oxygens (including phenoxy) is 2. The quantitative estimate of drug-likeness (QED) is 0.330. The topological polar surface area (TPSA) is 74.5 Å². The van der Waals surface area contributed by atoms with Gasteiger partial charge in [-0.2, -0.15) is 0 Å². The van der Waals surface area contributed by atoms with E-state index in [9.17, 15) is 4.79 Å². The Morgan fingerprint density at radius 1 is 1.11 bits per heavy atom. The molecule has 142 valence electrons. The number of unbranched alkanes of at least 4 members (excludes halogenated alkanes) is 1. The van der Waals surface area contributed by atoms with E-state index < -0.39 is 5.97 Å². The molecule has 0 unspecified atom stereocenters. The van der Waals surface area contributed by atoms with Crippen LogP contribution < -0.4 is 4.74 Å². The van der Waals surface area contributed by atoms with Crippen LogP contribution in [0.4, 0.5) is 0 Å². The van der Waals surface area contributed by atoms with Gasteiger partial charge in [0.25, 0.3) is 0 Å². The molecule has 6 nitrogen and oxygen atoms in total. The maximum absolute atomic E-state index is 12.4. The van der Waals surface area contributed by atoms with Crippen molar-refractivity contribution in [3.63, 3.8) is 0 Å². The molecule has 0 aliphatic rings. The lowest BCUT2D eigenvalue weighted by molar-refractivity contribution is 0.0492.